The predicted octanol–water partition coefficient (Wildman–Crippen LogP) is 2.22. The normalized spacial score (nSPS) is 12.1. The summed E-state index contributed by atoms with van der Waals surface area (Å²) in [6, 6.07) is 9.25. The van der Waals surface area contributed by atoms with Gasteiger partial charge in [0, 0.05) is 6.92 Å². The molecule has 0 heterocycles. The van der Waals surface area contributed by atoms with E-state index in [1.165, 1.54) is 13.0 Å². The highest BCUT2D eigenvalue weighted by molar-refractivity contribution is 5.67. The Bertz CT molecular complexity index is 317. The molecule has 0 saturated heterocycles. The van der Waals surface area contributed by atoms with Gasteiger partial charge in [-0.15, -0.1) is 0 Å². The van der Waals surface area contributed by atoms with Gasteiger partial charge in [0.1, 0.15) is 1.37 Å². The van der Waals surface area contributed by atoms with Crippen molar-refractivity contribution in [2.75, 3.05) is 0 Å². The van der Waals surface area contributed by atoms with Crippen LogP contribution in [-0.2, 0) is 9.53 Å². The lowest BCUT2D eigenvalue weighted by molar-refractivity contribution is -0.135. The smallest absolute Gasteiger partial charge is 0.307 e. The standard InChI is InChI=1S/C10H10O2/c1-9(11)12-8-7-10-5-3-2-4-6-10/h2-8H,1H3/b8-7-/i8D. The van der Waals surface area contributed by atoms with E-state index in [0.29, 0.717) is 0 Å². The van der Waals surface area contributed by atoms with E-state index in [0.717, 1.165) is 5.56 Å². The summed E-state index contributed by atoms with van der Waals surface area (Å²) in [7, 11) is 0. The van der Waals surface area contributed by atoms with Crippen molar-refractivity contribution < 1.29 is 10.9 Å². The van der Waals surface area contributed by atoms with Gasteiger partial charge in [-0.25, -0.2) is 0 Å². The zero-order valence-corrected chi connectivity index (χ0v) is 6.78. The molecule has 0 amide bonds. The van der Waals surface area contributed by atoms with Crippen LogP contribution >= 0.6 is 0 Å². The number of carbonyl (C=O) groups excluding carboxylic acids is 1. The van der Waals surface area contributed by atoms with Crippen LogP contribution < -0.4 is 0 Å². The van der Waals surface area contributed by atoms with Gasteiger partial charge in [-0.1, -0.05) is 30.3 Å². The van der Waals surface area contributed by atoms with E-state index in [1.54, 1.807) is 0 Å². The third-order valence-electron chi connectivity index (χ3n) is 1.23. The Balaban J connectivity index is 2.71. The maximum absolute atomic E-state index is 10.5. The fourth-order valence-electron chi connectivity index (χ4n) is 0.730. The number of hydrogen-bond acceptors (Lipinski definition) is 2. The molecular formula is C10H10O2. The molecule has 0 radical (unpaired) electrons. The van der Waals surface area contributed by atoms with E-state index >= 15 is 0 Å². The number of benzene rings is 1. The summed E-state index contributed by atoms with van der Waals surface area (Å²) in [6.45, 7) is 1.27. The third kappa shape index (κ3) is 3.01. The molecule has 0 unspecified atom stereocenters. The second-order valence-corrected chi connectivity index (χ2v) is 2.27. The zero-order valence-electron chi connectivity index (χ0n) is 7.78. The van der Waals surface area contributed by atoms with Gasteiger partial charge in [-0.2, -0.15) is 0 Å². The average molecular weight is 163 g/mol. The monoisotopic (exact) mass is 163 g/mol. The van der Waals surface area contributed by atoms with Gasteiger partial charge in [0.05, 0.1) is 6.24 Å². The number of esters is 1. The molecule has 0 aliphatic carbocycles. The third-order valence-corrected chi connectivity index (χ3v) is 1.23. The first-order valence-electron chi connectivity index (χ1n) is 4.10. The number of hydrogen-bond donors (Lipinski definition) is 0. The van der Waals surface area contributed by atoms with E-state index in [1.807, 2.05) is 30.3 Å². The fourth-order valence-corrected chi connectivity index (χ4v) is 0.730. The Kier molecular flexibility index (Phi) is 2.57. The van der Waals surface area contributed by atoms with E-state index in [2.05, 4.69) is 4.74 Å². The summed E-state index contributed by atoms with van der Waals surface area (Å²) in [6.07, 6.45) is 1.35. The van der Waals surface area contributed by atoms with Crippen LogP contribution in [0, 0.1) is 0 Å². The van der Waals surface area contributed by atoms with Crippen molar-refractivity contribution in [3.63, 3.8) is 0 Å². The average Bonchev–Trinajstić information content (AvgIpc) is 2.04. The molecule has 0 fully saturated rings. The van der Waals surface area contributed by atoms with Gasteiger partial charge < -0.3 is 4.74 Å². The lowest BCUT2D eigenvalue weighted by atomic mass is 10.2. The van der Waals surface area contributed by atoms with Crippen molar-refractivity contribution >= 4 is 12.0 Å². The molecule has 0 spiro atoms. The molecule has 0 bridgehead atoms. The molecule has 0 N–H and O–H groups in total. The molecule has 1 rings (SSSR count). The van der Waals surface area contributed by atoms with Crippen LogP contribution in [0.5, 0.6) is 0 Å². The van der Waals surface area contributed by atoms with Crippen molar-refractivity contribution in [3.8, 4) is 0 Å². The number of rotatable bonds is 2. The molecule has 62 valence electrons. The van der Waals surface area contributed by atoms with Gasteiger partial charge in [-0.05, 0) is 11.6 Å². The summed E-state index contributed by atoms with van der Waals surface area (Å²) in [4.78, 5) is 10.5. The SMILES string of the molecule is [2H]/C(=C/c1ccccc1)OC(C)=O. The molecule has 0 atom stereocenters. The maximum atomic E-state index is 10.5. The first-order valence-corrected chi connectivity index (χ1v) is 3.60. The van der Waals surface area contributed by atoms with Crippen molar-refractivity contribution in [2.24, 2.45) is 0 Å². The first-order chi connectivity index (χ1) is 6.18. The highest BCUT2D eigenvalue weighted by Crippen LogP contribution is 2.00. The van der Waals surface area contributed by atoms with Gasteiger partial charge in [0.15, 0.2) is 0 Å². The first kappa shape index (κ1) is 7.10. The summed E-state index contributed by atoms with van der Waals surface area (Å²) in [5.74, 6) is -0.475. The fraction of sp³-hybridized carbons (Fsp3) is 0.100. The molecule has 0 aliphatic heterocycles. The summed E-state index contributed by atoms with van der Waals surface area (Å²) < 4.78 is 11.8. The molecule has 1 aromatic rings. The molecule has 0 saturated carbocycles. The van der Waals surface area contributed by atoms with E-state index < -0.39 is 5.97 Å². The topological polar surface area (TPSA) is 26.3 Å². The Morgan fingerprint density at radius 2 is 2.17 bits per heavy atom. The van der Waals surface area contributed by atoms with Crippen LogP contribution in [0.3, 0.4) is 0 Å². The van der Waals surface area contributed by atoms with E-state index in [4.69, 9.17) is 1.37 Å². The van der Waals surface area contributed by atoms with Crippen LogP contribution in [0.4, 0.5) is 0 Å². The predicted molar refractivity (Wildman–Crippen MR) is 47.2 cm³/mol. The molecule has 2 nitrogen and oxygen atoms in total. The highest BCUT2D eigenvalue weighted by Gasteiger charge is 1.85. The molecular weight excluding hydrogens is 152 g/mol. The van der Waals surface area contributed by atoms with E-state index in [-0.39, 0.29) is 6.24 Å². The summed E-state index contributed by atoms with van der Waals surface area (Å²) >= 11 is 0. The number of carbonyl (C=O) groups is 1. The van der Waals surface area contributed by atoms with Crippen molar-refractivity contribution in [3.05, 3.63) is 42.1 Å². The summed E-state index contributed by atoms with van der Waals surface area (Å²) in [5, 5.41) is 0. The van der Waals surface area contributed by atoms with Crippen molar-refractivity contribution in [1.29, 1.82) is 0 Å². The highest BCUT2D eigenvalue weighted by atomic mass is 16.5. The van der Waals surface area contributed by atoms with Crippen LogP contribution in [0.15, 0.2) is 36.6 Å². The van der Waals surface area contributed by atoms with E-state index in [9.17, 15) is 4.79 Å². The van der Waals surface area contributed by atoms with Crippen LogP contribution in [0.2, 0.25) is 0 Å². The molecule has 0 aromatic heterocycles. The van der Waals surface area contributed by atoms with Crippen LogP contribution in [-0.4, -0.2) is 5.97 Å². The number of ether oxygens (including phenoxy) is 1. The minimum absolute atomic E-state index is 0.140. The molecule has 0 aliphatic rings. The second kappa shape index (κ2) is 4.34. The molecule has 2 heteroatoms. The quantitative estimate of drug-likeness (QED) is 0.493. The Morgan fingerprint density at radius 3 is 2.75 bits per heavy atom. The Morgan fingerprint density at radius 1 is 1.50 bits per heavy atom. The lowest BCUT2D eigenvalue weighted by Crippen LogP contribution is -1.88. The minimum atomic E-state index is -0.475. The van der Waals surface area contributed by atoms with Gasteiger partial charge >= 0.3 is 5.97 Å². The maximum Gasteiger partial charge on any atom is 0.307 e. The molecule has 12 heavy (non-hydrogen) atoms. The van der Waals surface area contributed by atoms with Gasteiger partial charge in [0.2, 0.25) is 0 Å². The van der Waals surface area contributed by atoms with Crippen molar-refractivity contribution in [1.82, 2.24) is 0 Å². The van der Waals surface area contributed by atoms with Crippen molar-refractivity contribution in [2.45, 2.75) is 6.92 Å². The molecule has 1 aromatic carbocycles. The van der Waals surface area contributed by atoms with Gasteiger partial charge in [0.25, 0.3) is 0 Å². The zero-order chi connectivity index (χ0) is 9.68. The Labute approximate surface area is 72.9 Å². The van der Waals surface area contributed by atoms with Gasteiger partial charge in [-0.3, -0.25) is 4.79 Å². The second-order valence-electron chi connectivity index (χ2n) is 2.27. The van der Waals surface area contributed by atoms with Crippen LogP contribution in [0.1, 0.15) is 13.9 Å². The van der Waals surface area contributed by atoms with Crippen LogP contribution in [0.25, 0.3) is 6.08 Å². The minimum Gasteiger partial charge on any atom is -0.435 e. The lowest BCUT2D eigenvalue weighted by Gasteiger charge is -1.91. The Hall–Kier alpha value is -1.57. The summed E-state index contributed by atoms with van der Waals surface area (Å²) in [5.41, 5.74) is 0.841. The largest absolute Gasteiger partial charge is 0.435 e.